The first-order valence-corrected chi connectivity index (χ1v) is 8.77. The third kappa shape index (κ3) is 5.30. The van der Waals surface area contributed by atoms with E-state index in [4.69, 9.17) is 25.8 Å². The number of rotatable bonds is 8. The zero-order chi connectivity index (χ0) is 19.1. The van der Waals surface area contributed by atoms with Gasteiger partial charge in [-0.25, -0.2) is 0 Å². The molecular formula is C20H24ClNO4. The zero-order valence-corrected chi connectivity index (χ0v) is 16.2. The van der Waals surface area contributed by atoms with Crippen molar-refractivity contribution in [1.29, 1.82) is 0 Å². The quantitative estimate of drug-likeness (QED) is 0.708. The highest BCUT2D eigenvalue weighted by Crippen LogP contribution is 2.27. The van der Waals surface area contributed by atoms with E-state index in [0.29, 0.717) is 35.4 Å². The highest BCUT2D eigenvalue weighted by atomic mass is 35.5. The third-order valence-electron chi connectivity index (χ3n) is 3.82. The van der Waals surface area contributed by atoms with Gasteiger partial charge in [0.05, 0.1) is 13.7 Å². The molecule has 0 saturated carbocycles. The van der Waals surface area contributed by atoms with Crippen LogP contribution in [-0.2, 0) is 4.79 Å². The molecule has 1 amide bonds. The van der Waals surface area contributed by atoms with Crippen molar-refractivity contribution < 1.29 is 19.0 Å². The van der Waals surface area contributed by atoms with Crippen molar-refractivity contribution in [3.8, 4) is 17.2 Å². The summed E-state index contributed by atoms with van der Waals surface area (Å²) in [6, 6.07) is 11.0. The Morgan fingerprint density at radius 3 is 2.38 bits per heavy atom. The van der Waals surface area contributed by atoms with Crippen LogP contribution in [0.3, 0.4) is 0 Å². The molecular weight excluding hydrogens is 354 g/mol. The number of ether oxygens (including phenoxy) is 3. The summed E-state index contributed by atoms with van der Waals surface area (Å²) in [5, 5.41) is 3.51. The molecule has 0 unspecified atom stereocenters. The van der Waals surface area contributed by atoms with Crippen molar-refractivity contribution in [2.45, 2.75) is 26.9 Å². The maximum Gasteiger partial charge on any atom is 0.260 e. The first kappa shape index (κ1) is 19.9. The van der Waals surface area contributed by atoms with E-state index in [-0.39, 0.29) is 5.91 Å². The van der Waals surface area contributed by atoms with Crippen LogP contribution in [0.5, 0.6) is 17.2 Å². The minimum absolute atomic E-state index is 0.209. The molecule has 0 bridgehead atoms. The minimum atomic E-state index is -0.624. The summed E-state index contributed by atoms with van der Waals surface area (Å²) in [6.07, 6.45) is -0.624. The summed E-state index contributed by atoms with van der Waals surface area (Å²) >= 11 is 6.15. The van der Waals surface area contributed by atoms with Gasteiger partial charge < -0.3 is 19.5 Å². The number of carbonyl (C=O) groups is 1. The second kappa shape index (κ2) is 9.34. The summed E-state index contributed by atoms with van der Waals surface area (Å²) in [5.41, 5.74) is 1.83. The highest BCUT2D eigenvalue weighted by Gasteiger charge is 2.15. The fourth-order valence-corrected chi connectivity index (χ4v) is 2.56. The fraction of sp³-hybridized carbons (Fsp3) is 0.350. The first-order valence-electron chi connectivity index (χ1n) is 8.39. The Kier molecular flexibility index (Phi) is 7.16. The average molecular weight is 378 g/mol. The van der Waals surface area contributed by atoms with Crippen molar-refractivity contribution >= 4 is 17.5 Å². The van der Waals surface area contributed by atoms with Crippen LogP contribution in [0.15, 0.2) is 36.4 Å². The van der Waals surface area contributed by atoms with Gasteiger partial charge in [0.25, 0.3) is 5.91 Å². The van der Waals surface area contributed by atoms with Gasteiger partial charge in [-0.1, -0.05) is 23.7 Å². The van der Waals surface area contributed by atoms with Gasteiger partial charge in [0.15, 0.2) is 17.6 Å². The van der Waals surface area contributed by atoms with Crippen LogP contribution < -0.4 is 19.5 Å². The summed E-state index contributed by atoms with van der Waals surface area (Å²) in [6.45, 7) is 6.21. The Bertz CT molecular complexity index is 740. The zero-order valence-electron chi connectivity index (χ0n) is 15.5. The summed E-state index contributed by atoms with van der Waals surface area (Å²) in [5.74, 6) is 1.71. The molecule has 0 aromatic heterocycles. The lowest BCUT2D eigenvalue weighted by Gasteiger charge is -2.16. The van der Waals surface area contributed by atoms with Crippen LogP contribution in [0.1, 0.15) is 18.1 Å². The predicted molar refractivity (Wildman–Crippen MR) is 103 cm³/mol. The second-order valence-corrected chi connectivity index (χ2v) is 6.30. The SMILES string of the molecule is COc1ccccc1OCCNC(=O)[C@@H](C)Oc1cc(C)c(Cl)c(C)c1. The van der Waals surface area contributed by atoms with E-state index in [2.05, 4.69) is 5.32 Å². The molecule has 0 aliphatic carbocycles. The summed E-state index contributed by atoms with van der Waals surface area (Å²) in [7, 11) is 1.59. The maximum absolute atomic E-state index is 12.2. The largest absolute Gasteiger partial charge is 0.493 e. The molecule has 0 aliphatic heterocycles. The average Bonchev–Trinajstić information content (AvgIpc) is 2.63. The number of benzene rings is 2. The second-order valence-electron chi connectivity index (χ2n) is 5.92. The van der Waals surface area contributed by atoms with Crippen LogP contribution in [-0.4, -0.2) is 32.3 Å². The van der Waals surface area contributed by atoms with Crippen molar-refractivity contribution in [3.05, 3.63) is 52.5 Å². The molecule has 140 valence electrons. The molecule has 26 heavy (non-hydrogen) atoms. The molecule has 5 nitrogen and oxygen atoms in total. The molecule has 1 N–H and O–H groups in total. The van der Waals surface area contributed by atoms with Gasteiger partial charge in [-0.15, -0.1) is 0 Å². The Hall–Kier alpha value is -2.40. The Morgan fingerprint density at radius 1 is 1.15 bits per heavy atom. The van der Waals surface area contributed by atoms with Gasteiger partial charge in [-0.3, -0.25) is 4.79 Å². The molecule has 2 aromatic rings. The normalized spacial score (nSPS) is 11.6. The van der Waals surface area contributed by atoms with Gasteiger partial charge in [-0.2, -0.15) is 0 Å². The van der Waals surface area contributed by atoms with Crippen LogP contribution in [0.2, 0.25) is 5.02 Å². The molecule has 0 aliphatic rings. The Morgan fingerprint density at radius 2 is 1.77 bits per heavy atom. The molecule has 6 heteroatoms. The van der Waals surface area contributed by atoms with Gasteiger partial charge in [0.2, 0.25) is 0 Å². The van der Waals surface area contributed by atoms with E-state index in [1.54, 1.807) is 14.0 Å². The Balaban J connectivity index is 1.80. The van der Waals surface area contributed by atoms with E-state index >= 15 is 0 Å². The third-order valence-corrected chi connectivity index (χ3v) is 4.42. The highest BCUT2D eigenvalue weighted by molar-refractivity contribution is 6.32. The molecule has 2 rings (SSSR count). The lowest BCUT2D eigenvalue weighted by atomic mass is 10.1. The fourth-order valence-electron chi connectivity index (χ4n) is 2.45. The van der Waals surface area contributed by atoms with Gasteiger partial charge in [0, 0.05) is 5.02 Å². The molecule has 0 heterocycles. The number of halogens is 1. The number of carbonyl (C=O) groups excluding carboxylic acids is 1. The first-order chi connectivity index (χ1) is 12.4. The van der Waals surface area contributed by atoms with E-state index in [1.165, 1.54) is 0 Å². The number of nitrogens with one attached hydrogen (secondary N) is 1. The van der Waals surface area contributed by atoms with Gasteiger partial charge in [-0.05, 0) is 56.2 Å². The van der Waals surface area contributed by atoms with Crippen LogP contribution >= 0.6 is 11.6 Å². The number of hydrogen-bond acceptors (Lipinski definition) is 4. The van der Waals surface area contributed by atoms with Crippen LogP contribution in [0.25, 0.3) is 0 Å². The van der Waals surface area contributed by atoms with Gasteiger partial charge in [0.1, 0.15) is 12.4 Å². The van der Waals surface area contributed by atoms with Crippen molar-refractivity contribution in [2.24, 2.45) is 0 Å². The standard InChI is InChI=1S/C20H24ClNO4/c1-13-11-16(12-14(2)19(13)21)26-15(3)20(23)22-9-10-25-18-8-6-5-7-17(18)24-4/h5-8,11-12,15H,9-10H2,1-4H3,(H,22,23)/t15-/m1/s1. The number of aryl methyl sites for hydroxylation is 2. The van der Waals surface area contributed by atoms with Gasteiger partial charge >= 0.3 is 0 Å². The monoisotopic (exact) mass is 377 g/mol. The number of amides is 1. The number of methoxy groups -OCH3 is 1. The lowest BCUT2D eigenvalue weighted by molar-refractivity contribution is -0.127. The van der Waals surface area contributed by atoms with Crippen molar-refractivity contribution in [2.75, 3.05) is 20.3 Å². The van der Waals surface area contributed by atoms with Crippen molar-refractivity contribution in [3.63, 3.8) is 0 Å². The van der Waals surface area contributed by atoms with E-state index in [0.717, 1.165) is 11.1 Å². The topological polar surface area (TPSA) is 56.8 Å². The molecule has 2 aromatic carbocycles. The molecule has 0 saturated heterocycles. The van der Waals surface area contributed by atoms with E-state index in [1.807, 2.05) is 50.2 Å². The smallest absolute Gasteiger partial charge is 0.260 e. The van der Waals surface area contributed by atoms with Crippen LogP contribution in [0.4, 0.5) is 0 Å². The maximum atomic E-state index is 12.2. The molecule has 1 atom stereocenters. The molecule has 0 fully saturated rings. The number of hydrogen-bond donors (Lipinski definition) is 1. The Labute approximate surface area is 159 Å². The predicted octanol–water partition coefficient (Wildman–Crippen LogP) is 3.93. The number of para-hydroxylation sites is 2. The van der Waals surface area contributed by atoms with E-state index in [9.17, 15) is 4.79 Å². The lowest BCUT2D eigenvalue weighted by Crippen LogP contribution is -2.38. The van der Waals surface area contributed by atoms with E-state index < -0.39 is 6.10 Å². The minimum Gasteiger partial charge on any atom is -0.493 e. The van der Waals surface area contributed by atoms with Crippen LogP contribution in [0, 0.1) is 13.8 Å². The molecule has 0 spiro atoms. The summed E-state index contributed by atoms with van der Waals surface area (Å²) < 4.78 is 16.6. The van der Waals surface area contributed by atoms with Crippen molar-refractivity contribution in [1.82, 2.24) is 5.32 Å². The summed E-state index contributed by atoms with van der Waals surface area (Å²) in [4.78, 5) is 12.2. The molecule has 0 radical (unpaired) electrons.